The van der Waals surface area contributed by atoms with Crippen molar-refractivity contribution in [3.63, 3.8) is 0 Å². The van der Waals surface area contributed by atoms with Gasteiger partial charge in [0.2, 0.25) is 0 Å². The third-order valence-corrected chi connectivity index (χ3v) is 3.53. The van der Waals surface area contributed by atoms with Crippen LogP contribution in [0.15, 0.2) is 47.3 Å². The molecule has 0 aliphatic rings. The summed E-state index contributed by atoms with van der Waals surface area (Å²) in [6, 6.07) is 11.3. The minimum Gasteiger partial charge on any atom is -0.467 e. The Kier molecular flexibility index (Phi) is 4.07. The average Bonchev–Trinajstić information content (AvgIpc) is 2.83. The molecule has 3 aromatic rings. The van der Waals surface area contributed by atoms with Gasteiger partial charge in [0.05, 0.1) is 7.11 Å². The van der Waals surface area contributed by atoms with Crippen LogP contribution in [-0.2, 0) is 7.05 Å². The molecule has 0 unspecified atom stereocenters. The fourth-order valence-corrected chi connectivity index (χ4v) is 2.42. The zero-order valence-corrected chi connectivity index (χ0v) is 13.5. The molecule has 7 heteroatoms. The second-order valence-corrected chi connectivity index (χ2v) is 5.21. The molecular formula is C17H16FN3O3. The lowest BCUT2D eigenvalue weighted by atomic mass is 10.2. The van der Waals surface area contributed by atoms with Crippen molar-refractivity contribution in [1.29, 1.82) is 0 Å². The zero-order valence-electron chi connectivity index (χ0n) is 13.5. The van der Waals surface area contributed by atoms with Crippen LogP contribution < -0.4 is 15.2 Å². The van der Waals surface area contributed by atoms with E-state index in [0.29, 0.717) is 17.2 Å². The first-order chi connectivity index (χ1) is 11.5. The number of aromatic nitrogens is 3. The number of halogens is 1. The predicted molar refractivity (Wildman–Crippen MR) is 86.6 cm³/mol. The van der Waals surface area contributed by atoms with Gasteiger partial charge in [0.25, 0.3) is 0 Å². The van der Waals surface area contributed by atoms with Crippen molar-refractivity contribution in [1.82, 2.24) is 14.3 Å². The van der Waals surface area contributed by atoms with E-state index in [2.05, 4.69) is 5.10 Å². The maximum absolute atomic E-state index is 13.4. The highest BCUT2D eigenvalue weighted by Crippen LogP contribution is 2.32. The summed E-state index contributed by atoms with van der Waals surface area (Å²) in [5.41, 5.74) is 0.916. The third kappa shape index (κ3) is 2.76. The van der Waals surface area contributed by atoms with Crippen molar-refractivity contribution >= 4 is 0 Å². The van der Waals surface area contributed by atoms with Gasteiger partial charge < -0.3 is 9.47 Å². The molecule has 2 aromatic carbocycles. The van der Waals surface area contributed by atoms with E-state index in [1.54, 1.807) is 24.3 Å². The van der Waals surface area contributed by atoms with E-state index in [1.807, 2.05) is 13.0 Å². The van der Waals surface area contributed by atoms with E-state index in [0.717, 1.165) is 5.56 Å². The highest BCUT2D eigenvalue weighted by Gasteiger charge is 2.19. The highest BCUT2D eigenvalue weighted by molar-refractivity contribution is 5.54. The van der Waals surface area contributed by atoms with Crippen LogP contribution in [0.2, 0.25) is 0 Å². The van der Waals surface area contributed by atoms with E-state index < -0.39 is 5.82 Å². The molecule has 0 saturated carbocycles. The monoisotopic (exact) mass is 329 g/mol. The minimum absolute atomic E-state index is 0.140. The lowest BCUT2D eigenvalue weighted by Gasteiger charge is -2.14. The fraction of sp³-hybridized carbons (Fsp3) is 0.176. The molecule has 0 fully saturated rings. The van der Waals surface area contributed by atoms with Gasteiger partial charge in [-0.2, -0.15) is 0 Å². The summed E-state index contributed by atoms with van der Waals surface area (Å²) in [6.45, 7) is 1.84. The normalized spacial score (nSPS) is 10.7. The van der Waals surface area contributed by atoms with Gasteiger partial charge in [0.1, 0.15) is 17.3 Å². The van der Waals surface area contributed by atoms with Crippen LogP contribution in [-0.4, -0.2) is 21.5 Å². The van der Waals surface area contributed by atoms with Gasteiger partial charge in [0.15, 0.2) is 5.75 Å². The van der Waals surface area contributed by atoms with Crippen LogP contribution in [0.4, 0.5) is 4.39 Å². The van der Waals surface area contributed by atoms with Crippen LogP contribution in [0.1, 0.15) is 5.56 Å². The molecule has 24 heavy (non-hydrogen) atoms. The molecule has 0 aliphatic carbocycles. The SMILES string of the molecule is COc1nn(C)c(=O)n1-c1c(C)cccc1Oc1cccc(F)c1. The van der Waals surface area contributed by atoms with Crippen molar-refractivity contribution in [2.75, 3.05) is 7.11 Å². The molecule has 0 bridgehead atoms. The zero-order chi connectivity index (χ0) is 17.3. The Morgan fingerprint density at radius 2 is 1.92 bits per heavy atom. The minimum atomic E-state index is -0.405. The standard InChI is InChI=1S/C17H16FN3O3/c1-11-6-4-9-14(24-13-8-5-7-12(18)10-13)15(11)21-16(23-3)19-20(2)17(21)22/h4-10H,1-3H3. The fourth-order valence-electron chi connectivity index (χ4n) is 2.42. The van der Waals surface area contributed by atoms with E-state index in [-0.39, 0.29) is 11.7 Å². The number of para-hydroxylation sites is 1. The summed E-state index contributed by atoms with van der Waals surface area (Å²) in [4.78, 5) is 12.4. The molecule has 1 aromatic heterocycles. The van der Waals surface area contributed by atoms with Gasteiger partial charge in [-0.25, -0.2) is 18.4 Å². The van der Waals surface area contributed by atoms with Gasteiger partial charge in [0, 0.05) is 13.1 Å². The number of hydrogen-bond acceptors (Lipinski definition) is 4. The molecule has 3 rings (SSSR count). The lowest BCUT2D eigenvalue weighted by Crippen LogP contribution is -2.22. The maximum Gasteiger partial charge on any atom is 0.353 e. The topological polar surface area (TPSA) is 58.3 Å². The number of ether oxygens (including phenoxy) is 2. The molecule has 0 aliphatic heterocycles. The molecular weight excluding hydrogens is 313 g/mol. The van der Waals surface area contributed by atoms with Gasteiger partial charge in [-0.3, -0.25) is 0 Å². The van der Waals surface area contributed by atoms with Crippen LogP contribution in [0, 0.1) is 12.7 Å². The molecule has 6 nitrogen and oxygen atoms in total. The summed E-state index contributed by atoms with van der Waals surface area (Å²) in [5, 5.41) is 4.04. The largest absolute Gasteiger partial charge is 0.467 e. The first-order valence-corrected chi connectivity index (χ1v) is 7.24. The van der Waals surface area contributed by atoms with Crippen LogP contribution >= 0.6 is 0 Å². The number of benzene rings is 2. The summed E-state index contributed by atoms with van der Waals surface area (Å²) in [6.07, 6.45) is 0. The smallest absolute Gasteiger partial charge is 0.353 e. The Bertz CT molecular complexity index is 946. The number of rotatable bonds is 4. The van der Waals surface area contributed by atoms with E-state index >= 15 is 0 Å². The Morgan fingerprint density at radius 3 is 2.62 bits per heavy atom. The van der Waals surface area contributed by atoms with Crippen molar-refractivity contribution in [2.24, 2.45) is 7.05 Å². The molecule has 0 saturated heterocycles. The molecule has 1 heterocycles. The molecule has 0 spiro atoms. The first-order valence-electron chi connectivity index (χ1n) is 7.24. The van der Waals surface area contributed by atoms with Gasteiger partial charge in [-0.1, -0.05) is 18.2 Å². The van der Waals surface area contributed by atoms with Crippen LogP contribution in [0.5, 0.6) is 17.5 Å². The summed E-state index contributed by atoms with van der Waals surface area (Å²) < 4.78 is 26.9. The van der Waals surface area contributed by atoms with Crippen molar-refractivity contribution < 1.29 is 13.9 Å². The van der Waals surface area contributed by atoms with Gasteiger partial charge in [-0.05, 0) is 30.7 Å². The van der Waals surface area contributed by atoms with Crippen LogP contribution in [0.3, 0.4) is 0 Å². The highest BCUT2D eigenvalue weighted by atomic mass is 19.1. The lowest BCUT2D eigenvalue weighted by molar-refractivity contribution is 0.366. The Labute approximate surface area is 137 Å². The van der Waals surface area contributed by atoms with E-state index in [4.69, 9.17) is 9.47 Å². The predicted octanol–water partition coefficient (Wildman–Crippen LogP) is 2.82. The van der Waals surface area contributed by atoms with E-state index in [9.17, 15) is 9.18 Å². The van der Waals surface area contributed by atoms with Crippen molar-refractivity contribution in [2.45, 2.75) is 6.92 Å². The summed E-state index contributed by atoms with van der Waals surface area (Å²) >= 11 is 0. The van der Waals surface area contributed by atoms with Crippen molar-refractivity contribution in [3.05, 3.63) is 64.3 Å². The van der Waals surface area contributed by atoms with Crippen molar-refractivity contribution in [3.8, 4) is 23.2 Å². The Balaban J connectivity index is 2.17. The van der Waals surface area contributed by atoms with Gasteiger partial charge in [-0.15, -0.1) is 5.10 Å². The second-order valence-electron chi connectivity index (χ2n) is 5.21. The quantitative estimate of drug-likeness (QED) is 0.738. The third-order valence-electron chi connectivity index (χ3n) is 3.53. The first kappa shape index (κ1) is 15.8. The summed E-state index contributed by atoms with van der Waals surface area (Å²) in [5.74, 6) is 0.324. The Hall–Kier alpha value is -3.09. The molecule has 0 atom stereocenters. The van der Waals surface area contributed by atoms with Crippen LogP contribution in [0.25, 0.3) is 5.69 Å². The molecule has 0 amide bonds. The van der Waals surface area contributed by atoms with E-state index in [1.165, 1.54) is 35.5 Å². The number of methoxy groups -OCH3 is 1. The molecule has 0 radical (unpaired) electrons. The molecule has 124 valence electrons. The summed E-state index contributed by atoms with van der Waals surface area (Å²) in [7, 11) is 2.97. The Morgan fingerprint density at radius 1 is 1.17 bits per heavy atom. The molecule has 0 N–H and O–H groups in total. The maximum atomic E-state index is 13.4. The second kappa shape index (κ2) is 6.19. The number of hydrogen-bond donors (Lipinski definition) is 0. The number of aryl methyl sites for hydroxylation is 2. The average molecular weight is 329 g/mol. The number of nitrogens with zero attached hydrogens (tertiary/aromatic N) is 3. The van der Waals surface area contributed by atoms with Gasteiger partial charge >= 0.3 is 11.7 Å².